The number of hydrogen-bond donors (Lipinski definition) is 1. The minimum atomic E-state index is -0.252. The Bertz CT molecular complexity index is 867. The number of carbonyl (C=O) groups is 1. The summed E-state index contributed by atoms with van der Waals surface area (Å²) < 4.78 is 7.09. The lowest BCUT2D eigenvalue weighted by molar-refractivity contribution is -0.115. The maximum absolute atomic E-state index is 12.4. The molecule has 0 radical (unpaired) electrons. The molecule has 0 aliphatic heterocycles. The van der Waals surface area contributed by atoms with Crippen molar-refractivity contribution in [2.45, 2.75) is 24.9 Å². The molecule has 1 amide bonds. The van der Waals surface area contributed by atoms with E-state index in [2.05, 4.69) is 20.8 Å². The third-order valence-corrected chi connectivity index (χ3v) is 4.94. The highest BCUT2D eigenvalue weighted by atomic mass is 32.2. The Kier molecular flexibility index (Phi) is 6.43. The van der Waals surface area contributed by atoms with Gasteiger partial charge in [-0.3, -0.25) is 4.79 Å². The number of thioether (sulfide) groups is 1. The summed E-state index contributed by atoms with van der Waals surface area (Å²) in [6.07, 6.45) is 0. The van der Waals surface area contributed by atoms with Crippen LogP contribution in [0.3, 0.4) is 0 Å². The van der Waals surface area contributed by atoms with Crippen LogP contribution < -0.4 is 10.1 Å². The lowest BCUT2D eigenvalue weighted by atomic mass is 10.3. The predicted molar refractivity (Wildman–Crippen MR) is 106 cm³/mol. The van der Waals surface area contributed by atoms with Crippen LogP contribution in [0.5, 0.6) is 5.75 Å². The van der Waals surface area contributed by atoms with Crippen molar-refractivity contribution in [1.29, 1.82) is 0 Å². The Morgan fingerprint density at radius 3 is 2.63 bits per heavy atom. The van der Waals surface area contributed by atoms with Gasteiger partial charge in [-0.1, -0.05) is 18.2 Å². The quantitative estimate of drug-likeness (QED) is 0.643. The fraction of sp³-hybridized carbons (Fsp3) is 0.263. The summed E-state index contributed by atoms with van der Waals surface area (Å²) in [5.74, 6) is 1.94. The third kappa shape index (κ3) is 5.07. The molecule has 2 aromatic carbocycles. The van der Waals surface area contributed by atoms with E-state index >= 15 is 0 Å². The van der Waals surface area contributed by atoms with Crippen LogP contribution in [-0.4, -0.2) is 38.0 Å². The molecule has 1 atom stereocenters. The van der Waals surface area contributed by atoms with Crippen LogP contribution in [0.15, 0.2) is 54.6 Å². The average Bonchev–Trinajstić information content (AvgIpc) is 3.17. The first kappa shape index (κ1) is 18.9. The van der Waals surface area contributed by atoms with Gasteiger partial charge >= 0.3 is 0 Å². The second-order valence-corrected chi connectivity index (χ2v) is 7.07. The second kappa shape index (κ2) is 9.18. The number of hydrogen-bond acceptors (Lipinski definition) is 6. The van der Waals surface area contributed by atoms with Crippen LogP contribution in [0.1, 0.15) is 19.7 Å². The van der Waals surface area contributed by atoms with Crippen molar-refractivity contribution >= 4 is 23.4 Å². The number of aromatic nitrogens is 4. The van der Waals surface area contributed by atoms with Gasteiger partial charge < -0.3 is 10.1 Å². The number of anilines is 1. The molecule has 0 spiro atoms. The van der Waals surface area contributed by atoms with Gasteiger partial charge in [-0.15, -0.1) is 16.9 Å². The molecule has 0 aliphatic carbocycles. The van der Waals surface area contributed by atoms with Crippen molar-refractivity contribution in [2.24, 2.45) is 0 Å². The molecular formula is C19H21N5O2S. The molecule has 140 valence electrons. The fourth-order valence-corrected chi connectivity index (χ4v) is 3.18. The number of para-hydroxylation sites is 1. The molecule has 1 unspecified atom stereocenters. The molecule has 27 heavy (non-hydrogen) atoms. The molecule has 3 aromatic rings. The molecule has 0 fully saturated rings. The largest absolute Gasteiger partial charge is 0.494 e. The summed E-state index contributed by atoms with van der Waals surface area (Å²) in [6, 6.07) is 17.0. The minimum Gasteiger partial charge on any atom is -0.494 e. The van der Waals surface area contributed by atoms with Crippen LogP contribution >= 0.6 is 11.8 Å². The summed E-state index contributed by atoms with van der Waals surface area (Å²) in [7, 11) is 0. The van der Waals surface area contributed by atoms with Crippen molar-refractivity contribution in [2.75, 3.05) is 11.9 Å². The normalized spacial score (nSPS) is 11.8. The van der Waals surface area contributed by atoms with E-state index < -0.39 is 0 Å². The van der Waals surface area contributed by atoms with Gasteiger partial charge in [0.2, 0.25) is 5.91 Å². The topological polar surface area (TPSA) is 81.9 Å². The standard InChI is InChI=1S/C19H21N5O2S/c1-3-26-17-11-9-15(10-12-17)20-19(25)14(2)27-13-18-21-22-23-24(18)16-7-5-4-6-8-16/h4-12,14H,3,13H2,1-2H3,(H,20,25). The van der Waals surface area contributed by atoms with Crippen molar-refractivity contribution < 1.29 is 9.53 Å². The Balaban J connectivity index is 1.56. The van der Waals surface area contributed by atoms with Crippen LogP contribution in [0.25, 0.3) is 5.69 Å². The molecule has 7 nitrogen and oxygen atoms in total. The van der Waals surface area contributed by atoms with Crippen molar-refractivity contribution in [1.82, 2.24) is 20.2 Å². The Morgan fingerprint density at radius 1 is 1.19 bits per heavy atom. The molecular weight excluding hydrogens is 362 g/mol. The van der Waals surface area contributed by atoms with Crippen molar-refractivity contribution in [3.05, 3.63) is 60.4 Å². The Hall–Kier alpha value is -2.87. The molecule has 0 saturated carbocycles. The smallest absolute Gasteiger partial charge is 0.237 e. The SMILES string of the molecule is CCOc1ccc(NC(=O)C(C)SCc2nnnn2-c2ccccc2)cc1. The van der Waals surface area contributed by atoms with Gasteiger partial charge in [-0.2, -0.15) is 4.68 Å². The maximum atomic E-state index is 12.4. The van der Waals surface area contributed by atoms with Gasteiger partial charge in [0.25, 0.3) is 0 Å². The molecule has 0 saturated heterocycles. The molecule has 1 aromatic heterocycles. The maximum Gasteiger partial charge on any atom is 0.237 e. The first-order valence-corrected chi connectivity index (χ1v) is 9.70. The molecule has 8 heteroatoms. The molecule has 3 rings (SSSR count). The first-order valence-electron chi connectivity index (χ1n) is 8.65. The molecule has 1 N–H and O–H groups in total. The van der Waals surface area contributed by atoms with E-state index in [0.717, 1.165) is 17.1 Å². The van der Waals surface area contributed by atoms with Crippen LogP contribution in [0.4, 0.5) is 5.69 Å². The van der Waals surface area contributed by atoms with Gasteiger partial charge in [-0.25, -0.2) is 0 Å². The van der Waals surface area contributed by atoms with E-state index in [1.165, 1.54) is 11.8 Å². The zero-order valence-corrected chi connectivity index (χ0v) is 16.0. The summed E-state index contributed by atoms with van der Waals surface area (Å²) in [6.45, 7) is 4.41. The Labute approximate surface area is 162 Å². The monoisotopic (exact) mass is 383 g/mol. The summed E-state index contributed by atoms with van der Waals surface area (Å²) >= 11 is 1.48. The molecule has 0 bridgehead atoms. The van der Waals surface area contributed by atoms with Crippen molar-refractivity contribution in [3.63, 3.8) is 0 Å². The van der Waals surface area contributed by atoms with Gasteiger partial charge in [0.1, 0.15) is 5.75 Å². The minimum absolute atomic E-state index is 0.0668. The van der Waals surface area contributed by atoms with Crippen LogP contribution in [0.2, 0.25) is 0 Å². The highest BCUT2D eigenvalue weighted by molar-refractivity contribution is 7.99. The number of nitrogens with one attached hydrogen (secondary N) is 1. The Morgan fingerprint density at radius 2 is 1.93 bits per heavy atom. The van der Waals surface area contributed by atoms with Gasteiger partial charge in [0, 0.05) is 5.69 Å². The predicted octanol–water partition coefficient (Wildman–Crippen LogP) is 3.32. The number of benzene rings is 2. The van der Waals surface area contributed by atoms with Gasteiger partial charge in [0.15, 0.2) is 5.82 Å². The number of nitrogens with zero attached hydrogens (tertiary/aromatic N) is 4. The van der Waals surface area contributed by atoms with E-state index in [1.807, 2.05) is 68.4 Å². The van der Waals surface area contributed by atoms with E-state index in [1.54, 1.807) is 4.68 Å². The highest BCUT2D eigenvalue weighted by Crippen LogP contribution is 2.21. The lowest BCUT2D eigenvalue weighted by Crippen LogP contribution is -2.22. The average molecular weight is 383 g/mol. The van der Waals surface area contributed by atoms with E-state index in [0.29, 0.717) is 18.2 Å². The number of amides is 1. The fourth-order valence-electron chi connectivity index (χ4n) is 2.39. The lowest BCUT2D eigenvalue weighted by Gasteiger charge is -2.12. The van der Waals surface area contributed by atoms with E-state index in [4.69, 9.17) is 4.74 Å². The van der Waals surface area contributed by atoms with Crippen LogP contribution in [0, 0.1) is 0 Å². The number of rotatable bonds is 8. The third-order valence-electron chi connectivity index (χ3n) is 3.80. The van der Waals surface area contributed by atoms with E-state index in [9.17, 15) is 4.79 Å². The zero-order chi connectivity index (χ0) is 19.1. The van der Waals surface area contributed by atoms with Crippen molar-refractivity contribution in [3.8, 4) is 11.4 Å². The first-order chi connectivity index (χ1) is 13.2. The number of tetrazole rings is 1. The van der Waals surface area contributed by atoms with E-state index in [-0.39, 0.29) is 11.2 Å². The summed E-state index contributed by atoms with van der Waals surface area (Å²) in [5, 5.41) is 14.5. The number of ether oxygens (including phenoxy) is 1. The van der Waals surface area contributed by atoms with Crippen LogP contribution in [-0.2, 0) is 10.5 Å². The highest BCUT2D eigenvalue weighted by Gasteiger charge is 2.16. The number of carbonyl (C=O) groups excluding carboxylic acids is 1. The van der Waals surface area contributed by atoms with Gasteiger partial charge in [0.05, 0.1) is 23.3 Å². The molecule has 0 aliphatic rings. The zero-order valence-electron chi connectivity index (χ0n) is 15.2. The second-order valence-electron chi connectivity index (χ2n) is 5.74. The summed E-state index contributed by atoms with van der Waals surface area (Å²) in [5.41, 5.74) is 1.63. The molecule has 1 heterocycles. The van der Waals surface area contributed by atoms with Gasteiger partial charge in [-0.05, 0) is 60.7 Å². The summed E-state index contributed by atoms with van der Waals surface area (Å²) in [4.78, 5) is 12.4.